The van der Waals surface area contributed by atoms with E-state index in [1.165, 1.54) is 5.56 Å². The quantitative estimate of drug-likeness (QED) is 0.846. The van der Waals surface area contributed by atoms with Crippen LogP contribution in [0.2, 0.25) is 0 Å². The van der Waals surface area contributed by atoms with Crippen molar-refractivity contribution in [3.8, 4) is 0 Å². The number of aliphatic hydroxyl groups excluding tert-OH is 1. The number of carbonyl (C=O) groups is 1. The zero-order chi connectivity index (χ0) is 15.4. The van der Waals surface area contributed by atoms with E-state index in [0.29, 0.717) is 13.0 Å². The van der Waals surface area contributed by atoms with E-state index < -0.39 is 0 Å². The molecule has 4 heteroatoms. The summed E-state index contributed by atoms with van der Waals surface area (Å²) in [5, 5.41) is 13.2. The minimum absolute atomic E-state index is 0.182. The maximum Gasteiger partial charge on any atom is 0.227 e. The van der Waals surface area contributed by atoms with Gasteiger partial charge in [-0.05, 0) is 37.0 Å². The highest BCUT2D eigenvalue weighted by Gasteiger charge is 2.21. The molecule has 2 rings (SSSR count). The van der Waals surface area contributed by atoms with Gasteiger partial charge < -0.3 is 15.3 Å². The highest BCUT2D eigenvalue weighted by Crippen LogP contribution is 2.23. The van der Waals surface area contributed by atoms with Gasteiger partial charge in [-0.25, -0.2) is 0 Å². The summed E-state index contributed by atoms with van der Waals surface area (Å²) in [5.74, 6) is 0.474. The molecule has 2 atom stereocenters. The van der Waals surface area contributed by atoms with Gasteiger partial charge >= 0.3 is 0 Å². The largest absolute Gasteiger partial charge is 0.392 e. The van der Waals surface area contributed by atoms with E-state index in [0.717, 1.165) is 18.7 Å². The Morgan fingerprint density at radius 2 is 1.90 bits per heavy atom. The second-order valence-electron chi connectivity index (χ2n) is 6.18. The molecular weight excluding hydrogens is 264 g/mol. The lowest BCUT2D eigenvalue weighted by molar-refractivity contribution is -0.117. The average Bonchev–Trinajstić information content (AvgIpc) is 2.90. The smallest absolute Gasteiger partial charge is 0.227 e. The molecule has 0 spiro atoms. The Bertz CT molecular complexity index is 470. The Labute approximate surface area is 127 Å². The first-order valence-electron chi connectivity index (χ1n) is 7.81. The minimum Gasteiger partial charge on any atom is -0.392 e. The van der Waals surface area contributed by atoms with E-state index in [-0.39, 0.29) is 24.0 Å². The van der Waals surface area contributed by atoms with Gasteiger partial charge in [0.25, 0.3) is 0 Å². The molecule has 1 aliphatic heterocycles. The maximum absolute atomic E-state index is 11.7. The summed E-state index contributed by atoms with van der Waals surface area (Å²) in [6.45, 7) is 7.53. The molecule has 1 aliphatic rings. The summed E-state index contributed by atoms with van der Waals surface area (Å²) >= 11 is 0. The fraction of sp³-hybridized carbons (Fsp3) is 0.588. The standard InChI is InChI=1S/C17H26N2O2/c1-12(2)16(20)11-18-13(3)14-6-8-15(9-7-14)19-10-4-5-17(19)21/h6-9,12-13,16,18,20H,4-5,10-11H2,1-3H3. The van der Waals surface area contributed by atoms with Crippen LogP contribution in [0.5, 0.6) is 0 Å². The lowest BCUT2D eigenvalue weighted by Crippen LogP contribution is -2.32. The highest BCUT2D eigenvalue weighted by atomic mass is 16.3. The molecule has 2 unspecified atom stereocenters. The predicted molar refractivity (Wildman–Crippen MR) is 85.3 cm³/mol. The van der Waals surface area contributed by atoms with Crippen LogP contribution in [0.4, 0.5) is 5.69 Å². The fourth-order valence-electron chi connectivity index (χ4n) is 2.52. The number of anilines is 1. The zero-order valence-electron chi connectivity index (χ0n) is 13.2. The van der Waals surface area contributed by atoms with Gasteiger partial charge in [0.2, 0.25) is 5.91 Å². The third kappa shape index (κ3) is 4.05. The van der Waals surface area contributed by atoms with Crippen molar-refractivity contribution in [2.75, 3.05) is 18.0 Å². The van der Waals surface area contributed by atoms with Gasteiger partial charge in [0.1, 0.15) is 0 Å². The van der Waals surface area contributed by atoms with Crippen LogP contribution >= 0.6 is 0 Å². The minimum atomic E-state index is -0.325. The van der Waals surface area contributed by atoms with Gasteiger partial charge in [0.15, 0.2) is 0 Å². The second kappa shape index (κ2) is 7.05. The molecule has 1 aromatic carbocycles. The Balaban J connectivity index is 1.93. The molecule has 1 amide bonds. The molecule has 21 heavy (non-hydrogen) atoms. The van der Waals surface area contributed by atoms with Crippen LogP contribution in [0.1, 0.15) is 45.2 Å². The molecule has 1 heterocycles. The second-order valence-corrected chi connectivity index (χ2v) is 6.18. The number of hydrogen-bond donors (Lipinski definition) is 2. The first-order chi connectivity index (χ1) is 9.99. The number of aliphatic hydroxyl groups is 1. The number of nitrogens with one attached hydrogen (secondary N) is 1. The third-order valence-corrected chi connectivity index (χ3v) is 4.18. The summed E-state index contributed by atoms with van der Waals surface area (Å²) in [6, 6.07) is 8.31. The van der Waals surface area contributed by atoms with Crippen LogP contribution in [0, 0.1) is 5.92 Å². The van der Waals surface area contributed by atoms with Crippen molar-refractivity contribution in [3.05, 3.63) is 29.8 Å². The SMILES string of the molecule is CC(NCC(O)C(C)C)c1ccc(N2CCCC2=O)cc1. The number of carbonyl (C=O) groups excluding carboxylic acids is 1. The summed E-state index contributed by atoms with van der Waals surface area (Å²) in [6.07, 6.45) is 1.28. The maximum atomic E-state index is 11.7. The molecule has 1 fully saturated rings. The predicted octanol–water partition coefficient (Wildman–Crippen LogP) is 2.48. The Hall–Kier alpha value is -1.39. The van der Waals surface area contributed by atoms with E-state index in [1.54, 1.807) is 0 Å². The number of rotatable bonds is 6. The monoisotopic (exact) mass is 290 g/mol. The zero-order valence-corrected chi connectivity index (χ0v) is 13.2. The normalized spacial score (nSPS) is 18.3. The molecular formula is C17H26N2O2. The topological polar surface area (TPSA) is 52.6 Å². The van der Waals surface area contributed by atoms with E-state index in [4.69, 9.17) is 0 Å². The summed E-state index contributed by atoms with van der Waals surface area (Å²) in [7, 11) is 0. The lowest BCUT2D eigenvalue weighted by Gasteiger charge is -2.21. The van der Waals surface area contributed by atoms with E-state index in [2.05, 4.69) is 24.4 Å². The number of hydrogen-bond acceptors (Lipinski definition) is 3. The van der Waals surface area contributed by atoms with Crippen LogP contribution < -0.4 is 10.2 Å². The lowest BCUT2D eigenvalue weighted by atomic mass is 10.1. The number of nitrogens with zero attached hydrogens (tertiary/aromatic N) is 1. The van der Waals surface area contributed by atoms with E-state index in [9.17, 15) is 9.90 Å². The van der Waals surface area contributed by atoms with Crippen LogP contribution in [0.25, 0.3) is 0 Å². The Kier molecular flexibility index (Phi) is 5.37. The van der Waals surface area contributed by atoms with Gasteiger partial charge in [0.05, 0.1) is 6.10 Å². The van der Waals surface area contributed by atoms with E-state index >= 15 is 0 Å². The summed E-state index contributed by atoms with van der Waals surface area (Å²) in [4.78, 5) is 13.6. The number of amides is 1. The summed E-state index contributed by atoms with van der Waals surface area (Å²) in [5.41, 5.74) is 2.15. The molecule has 116 valence electrons. The highest BCUT2D eigenvalue weighted by molar-refractivity contribution is 5.95. The molecule has 0 saturated carbocycles. The summed E-state index contributed by atoms with van der Waals surface area (Å²) < 4.78 is 0. The van der Waals surface area contributed by atoms with Gasteiger partial charge in [-0.3, -0.25) is 4.79 Å². The van der Waals surface area contributed by atoms with Crippen LogP contribution in [-0.2, 0) is 4.79 Å². The van der Waals surface area contributed by atoms with Crippen molar-refractivity contribution in [2.24, 2.45) is 5.92 Å². The molecule has 0 bridgehead atoms. The molecule has 0 aliphatic carbocycles. The molecule has 4 nitrogen and oxygen atoms in total. The Morgan fingerprint density at radius 1 is 1.24 bits per heavy atom. The van der Waals surface area contributed by atoms with Crippen LogP contribution in [0.3, 0.4) is 0 Å². The van der Waals surface area contributed by atoms with Crippen molar-refractivity contribution in [3.63, 3.8) is 0 Å². The van der Waals surface area contributed by atoms with Gasteiger partial charge in [0, 0.05) is 31.2 Å². The van der Waals surface area contributed by atoms with E-state index in [1.807, 2.05) is 30.9 Å². The van der Waals surface area contributed by atoms with Gasteiger partial charge in [-0.15, -0.1) is 0 Å². The van der Waals surface area contributed by atoms with Crippen molar-refractivity contribution >= 4 is 11.6 Å². The van der Waals surface area contributed by atoms with Crippen LogP contribution in [0.15, 0.2) is 24.3 Å². The molecule has 0 aromatic heterocycles. The van der Waals surface area contributed by atoms with Crippen LogP contribution in [-0.4, -0.2) is 30.2 Å². The third-order valence-electron chi connectivity index (χ3n) is 4.18. The van der Waals surface area contributed by atoms with Crippen molar-refractivity contribution in [1.82, 2.24) is 5.32 Å². The van der Waals surface area contributed by atoms with Crippen molar-refractivity contribution in [2.45, 2.75) is 45.8 Å². The molecule has 1 aromatic rings. The first-order valence-corrected chi connectivity index (χ1v) is 7.81. The number of benzene rings is 1. The van der Waals surface area contributed by atoms with Gasteiger partial charge in [-0.1, -0.05) is 26.0 Å². The average molecular weight is 290 g/mol. The Morgan fingerprint density at radius 3 is 2.43 bits per heavy atom. The van der Waals surface area contributed by atoms with Gasteiger partial charge in [-0.2, -0.15) is 0 Å². The van der Waals surface area contributed by atoms with Crippen molar-refractivity contribution in [1.29, 1.82) is 0 Å². The molecule has 0 radical (unpaired) electrons. The molecule has 2 N–H and O–H groups in total. The molecule has 1 saturated heterocycles. The fourth-order valence-corrected chi connectivity index (χ4v) is 2.52. The first kappa shape index (κ1) is 16.0. The van der Waals surface area contributed by atoms with Crippen molar-refractivity contribution < 1.29 is 9.90 Å².